The minimum atomic E-state index is -0.843. The summed E-state index contributed by atoms with van der Waals surface area (Å²) in [5, 5.41) is 23.2. The fraction of sp³-hybridized carbons (Fsp3) is 0.886. The third-order valence-corrected chi connectivity index (χ3v) is 15.9. The first kappa shape index (κ1) is 74.1. The lowest BCUT2D eigenvalue weighted by atomic mass is 10.0. The smallest absolute Gasteiger partial charge is 0.305 e. The number of esters is 1. The van der Waals surface area contributed by atoms with Crippen LogP contribution in [0.5, 0.6) is 0 Å². The van der Waals surface area contributed by atoms with Gasteiger partial charge in [0.05, 0.1) is 25.4 Å². The van der Waals surface area contributed by atoms with Crippen LogP contribution in [0.15, 0.2) is 36.5 Å². The molecule has 0 spiro atoms. The van der Waals surface area contributed by atoms with Crippen molar-refractivity contribution in [1.82, 2.24) is 5.32 Å². The average molecular weight is 1070 g/mol. The van der Waals surface area contributed by atoms with Crippen LogP contribution in [0.1, 0.15) is 373 Å². The molecule has 0 aromatic rings. The molecule has 76 heavy (non-hydrogen) atoms. The van der Waals surface area contributed by atoms with E-state index in [0.29, 0.717) is 19.4 Å². The van der Waals surface area contributed by atoms with Gasteiger partial charge in [-0.3, -0.25) is 9.59 Å². The number of ether oxygens (including phenoxy) is 1. The number of unbranched alkanes of at least 4 members (excludes halogenated alkanes) is 49. The summed E-state index contributed by atoms with van der Waals surface area (Å²) in [5.41, 5.74) is 0. The fourth-order valence-electron chi connectivity index (χ4n) is 10.7. The second-order valence-electron chi connectivity index (χ2n) is 23.5. The van der Waals surface area contributed by atoms with Crippen molar-refractivity contribution < 1.29 is 24.5 Å². The van der Waals surface area contributed by atoms with E-state index in [0.717, 1.165) is 44.9 Å². The molecule has 6 heteroatoms. The highest BCUT2D eigenvalue weighted by atomic mass is 16.5. The van der Waals surface area contributed by atoms with Crippen LogP contribution in [-0.4, -0.2) is 47.4 Å². The summed E-state index contributed by atoms with van der Waals surface area (Å²) in [6.45, 7) is 4.92. The number of carbonyl (C=O) groups is 2. The number of aliphatic hydroxyl groups is 2. The Bertz CT molecular complexity index is 1230. The van der Waals surface area contributed by atoms with Gasteiger partial charge < -0.3 is 20.3 Å². The number of carbonyl (C=O) groups excluding carboxylic acids is 2. The molecule has 2 atom stereocenters. The van der Waals surface area contributed by atoms with Crippen LogP contribution in [0.4, 0.5) is 0 Å². The lowest BCUT2D eigenvalue weighted by Gasteiger charge is -2.20. The van der Waals surface area contributed by atoms with Gasteiger partial charge in [0.2, 0.25) is 5.91 Å². The van der Waals surface area contributed by atoms with Gasteiger partial charge in [-0.25, -0.2) is 0 Å². The number of nitrogens with one attached hydrogen (secondary N) is 1. The summed E-state index contributed by atoms with van der Waals surface area (Å²) >= 11 is 0. The van der Waals surface area contributed by atoms with Crippen molar-refractivity contribution in [2.45, 2.75) is 386 Å². The SMILES string of the molecule is CCCCCCCCCCCCCCC/C=C/C(O)C(CO)NC(=O)CCCCCCCCCCCCCCCCCCC/C=C\C/C=C\CCCCCCCCCCCOC(=O)CCCCCCCCCCCCC. The highest BCUT2D eigenvalue weighted by Gasteiger charge is 2.18. The van der Waals surface area contributed by atoms with Crippen molar-refractivity contribution in [2.75, 3.05) is 13.2 Å². The molecule has 3 N–H and O–H groups in total. The maximum atomic E-state index is 12.5. The third-order valence-electron chi connectivity index (χ3n) is 15.9. The molecule has 448 valence electrons. The van der Waals surface area contributed by atoms with Crippen LogP contribution in [0.25, 0.3) is 0 Å². The van der Waals surface area contributed by atoms with E-state index in [2.05, 4.69) is 43.5 Å². The number of rotatable bonds is 64. The second-order valence-corrected chi connectivity index (χ2v) is 23.5. The first-order valence-electron chi connectivity index (χ1n) is 34.3. The second kappa shape index (κ2) is 65.6. The molecule has 0 fully saturated rings. The van der Waals surface area contributed by atoms with E-state index in [9.17, 15) is 19.8 Å². The van der Waals surface area contributed by atoms with E-state index in [-0.39, 0.29) is 18.5 Å². The summed E-state index contributed by atoms with van der Waals surface area (Å²) in [4.78, 5) is 24.5. The molecule has 0 saturated carbocycles. The van der Waals surface area contributed by atoms with Crippen LogP contribution in [0.3, 0.4) is 0 Å². The molecular weight excluding hydrogens is 935 g/mol. The lowest BCUT2D eigenvalue weighted by Crippen LogP contribution is -2.45. The quantitative estimate of drug-likeness (QED) is 0.0320. The van der Waals surface area contributed by atoms with E-state index in [1.54, 1.807) is 6.08 Å². The van der Waals surface area contributed by atoms with Crippen LogP contribution < -0.4 is 5.32 Å². The monoisotopic (exact) mass is 1070 g/mol. The molecule has 0 saturated heterocycles. The summed E-state index contributed by atoms with van der Waals surface area (Å²) in [7, 11) is 0. The van der Waals surface area contributed by atoms with Crippen molar-refractivity contribution in [2.24, 2.45) is 0 Å². The van der Waals surface area contributed by atoms with Gasteiger partial charge in [-0.05, 0) is 64.2 Å². The van der Waals surface area contributed by atoms with Crippen LogP contribution >= 0.6 is 0 Å². The first-order valence-corrected chi connectivity index (χ1v) is 34.3. The number of aliphatic hydroxyl groups excluding tert-OH is 2. The Balaban J connectivity index is 3.39. The summed E-state index contributed by atoms with van der Waals surface area (Å²) in [6.07, 6.45) is 83.7. The zero-order chi connectivity index (χ0) is 55.0. The number of amides is 1. The molecule has 1 amide bonds. The van der Waals surface area contributed by atoms with Gasteiger partial charge in [0, 0.05) is 12.8 Å². The maximum Gasteiger partial charge on any atom is 0.305 e. The minimum absolute atomic E-state index is 0.0138. The molecular formula is C70H133NO5. The van der Waals surface area contributed by atoms with Crippen molar-refractivity contribution >= 4 is 11.9 Å². The Morgan fingerprint density at radius 2 is 0.658 bits per heavy atom. The molecule has 0 bridgehead atoms. The normalized spacial score (nSPS) is 12.7. The molecule has 0 heterocycles. The molecule has 0 rings (SSSR count). The van der Waals surface area contributed by atoms with Gasteiger partial charge in [0.25, 0.3) is 0 Å². The van der Waals surface area contributed by atoms with E-state index >= 15 is 0 Å². The summed E-state index contributed by atoms with van der Waals surface area (Å²) in [6, 6.07) is -0.626. The van der Waals surface area contributed by atoms with E-state index < -0.39 is 12.1 Å². The van der Waals surface area contributed by atoms with Crippen molar-refractivity contribution in [3.63, 3.8) is 0 Å². The molecule has 0 aromatic heterocycles. The van der Waals surface area contributed by atoms with Crippen molar-refractivity contribution in [3.8, 4) is 0 Å². The third kappa shape index (κ3) is 61.3. The zero-order valence-corrected chi connectivity index (χ0v) is 51.3. The molecule has 0 aliphatic carbocycles. The van der Waals surface area contributed by atoms with Crippen LogP contribution in [0.2, 0.25) is 0 Å². The number of allylic oxidation sites excluding steroid dienone is 5. The largest absolute Gasteiger partial charge is 0.466 e. The Hall–Kier alpha value is -1.92. The van der Waals surface area contributed by atoms with Crippen LogP contribution in [0, 0.1) is 0 Å². The van der Waals surface area contributed by atoms with Gasteiger partial charge in [-0.2, -0.15) is 0 Å². The molecule has 0 aliphatic rings. The Labute approximate surface area is 474 Å². The number of hydrogen-bond acceptors (Lipinski definition) is 5. The van der Waals surface area contributed by atoms with Gasteiger partial charge in [0.1, 0.15) is 0 Å². The average Bonchev–Trinajstić information content (AvgIpc) is 3.42. The Morgan fingerprint density at radius 3 is 1.00 bits per heavy atom. The fourth-order valence-corrected chi connectivity index (χ4v) is 10.7. The van der Waals surface area contributed by atoms with Crippen molar-refractivity contribution in [3.05, 3.63) is 36.5 Å². The van der Waals surface area contributed by atoms with Gasteiger partial charge in [-0.1, -0.05) is 333 Å². The molecule has 0 aliphatic heterocycles. The van der Waals surface area contributed by atoms with E-state index in [4.69, 9.17) is 4.74 Å². The van der Waals surface area contributed by atoms with E-state index in [1.165, 1.54) is 302 Å². The van der Waals surface area contributed by atoms with Gasteiger partial charge in [0.15, 0.2) is 0 Å². The molecule has 0 radical (unpaired) electrons. The molecule has 2 unspecified atom stereocenters. The van der Waals surface area contributed by atoms with Gasteiger partial charge >= 0.3 is 5.97 Å². The first-order chi connectivity index (χ1) is 37.5. The molecule has 0 aromatic carbocycles. The Kier molecular flexibility index (Phi) is 63.9. The maximum absolute atomic E-state index is 12.5. The molecule has 6 nitrogen and oxygen atoms in total. The topological polar surface area (TPSA) is 95.9 Å². The zero-order valence-electron chi connectivity index (χ0n) is 51.3. The predicted molar refractivity (Wildman–Crippen MR) is 333 cm³/mol. The summed E-state index contributed by atoms with van der Waals surface area (Å²) in [5.74, 6) is -0.0503. The minimum Gasteiger partial charge on any atom is -0.466 e. The standard InChI is InChI=1S/C70H133NO5/c1-3-5-7-9-11-13-15-16-36-39-43-46-50-54-58-62-68(73)67(66-72)71-69(74)63-59-55-51-47-44-40-37-34-32-30-28-26-24-22-20-18-17-19-21-23-25-27-29-31-33-35-38-41-45-49-53-57-61-65-76-70(75)64-60-56-52-48-42-14-12-10-8-6-4-2/h21,23,27,29,58,62,67-68,72-73H,3-20,22,24-26,28,30-57,59-61,63-66H2,1-2H3,(H,71,74)/b23-21-,29-27-,62-58+. The lowest BCUT2D eigenvalue weighted by molar-refractivity contribution is -0.143. The number of hydrogen-bond donors (Lipinski definition) is 3. The van der Waals surface area contributed by atoms with Gasteiger partial charge in [-0.15, -0.1) is 0 Å². The Morgan fingerprint density at radius 1 is 0.368 bits per heavy atom. The summed E-state index contributed by atoms with van der Waals surface area (Å²) < 4.78 is 5.47. The predicted octanol–water partition coefficient (Wildman–Crippen LogP) is 21.9. The highest BCUT2D eigenvalue weighted by molar-refractivity contribution is 5.76. The van der Waals surface area contributed by atoms with Crippen molar-refractivity contribution in [1.29, 1.82) is 0 Å². The highest BCUT2D eigenvalue weighted by Crippen LogP contribution is 2.18. The van der Waals surface area contributed by atoms with Crippen LogP contribution in [-0.2, 0) is 14.3 Å². The van der Waals surface area contributed by atoms with E-state index in [1.807, 2.05) is 6.08 Å².